The quantitative estimate of drug-likeness (QED) is 0.241. The van der Waals surface area contributed by atoms with E-state index in [4.69, 9.17) is 10.3 Å². The summed E-state index contributed by atoms with van der Waals surface area (Å²) in [5.74, 6) is 4.26. The molecule has 8 nitrogen and oxygen atoms in total. The van der Waals surface area contributed by atoms with E-state index >= 15 is 0 Å². The lowest BCUT2D eigenvalue weighted by Gasteiger charge is -2.25. The maximum absolute atomic E-state index is 12.5. The SMILES string of the molecule is CNC(=O)C(C(=O)NO)N(C)C(=O)c1ccc(C#CC2CC2CO)cc1. The highest BCUT2D eigenvalue weighted by molar-refractivity contribution is 6.08. The number of nitrogens with zero attached hydrogens (tertiary/aromatic N) is 1. The van der Waals surface area contributed by atoms with Crippen molar-refractivity contribution < 1.29 is 24.7 Å². The fraction of sp³-hybridized carbons (Fsp3) is 0.389. The maximum Gasteiger partial charge on any atom is 0.275 e. The Hall–Kier alpha value is -2.89. The standard InChI is InChI=1S/C18H21N3O5/c1-19-16(23)15(17(24)20-26)21(2)18(25)12-6-3-11(4-7-12)5-8-13-9-14(13)10-22/h3-4,6-7,13-15,22,26H,9-10H2,1-2H3,(H,19,23)(H,20,24). The van der Waals surface area contributed by atoms with E-state index in [0.29, 0.717) is 0 Å². The molecule has 3 atom stereocenters. The summed E-state index contributed by atoms with van der Waals surface area (Å²) in [6.45, 7) is 0.146. The van der Waals surface area contributed by atoms with Crippen molar-refractivity contribution in [2.45, 2.75) is 12.5 Å². The van der Waals surface area contributed by atoms with Gasteiger partial charge >= 0.3 is 0 Å². The number of aliphatic hydroxyl groups is 1. The lowest BCUT2D eigenvalue weighted by atomic mass is 10.1. The Morgan fingerprint density at radius 3 is 2.42 bits per heavy atom. The van der Waals surface area contributed by atoms with Crippen LogP contribution in [0.25, 0.3) is 0 Å². The molecule has 0 heterocycles. The minimum absolute atomic E-state index is 0.146. The van der Waals surface area contributed by atoms with Gasteiger partial charge in [0.1, 0.15) is 0 Å². The summed E-state index contributed by atoms with van der Waals surface area (Å²) < 4.78 is 0. The normalized spacial score (nSPS) is 18.8. The molecule has 3 amide bonds. The minimum atomic E-state index is -1.50. The van der Waals surface area contributed by atoms with Gasteiger partial charge in [-0.3, -0.25) is 19.6 Å². The molecule has 0 bridgehead atoms. The predicted molar refractivity (Wildman–Crippen MR) is 91.9 cm³/mol. The van der Waals surface area contributed by atoms with Crippen LogP contribution >= 0.6 is 0 Å². The van der Waals surface area contributed by atoms with Crippen LogP contribution in [0, 0.1) is 23.7 Å². The topological polar surface area (TPSA) is 119 Å². The summed E-state index contributed by atoms with van der Waals surface area (Å²) in [7, 11) is 2.63. The Balaban J connectivity index is 2.10. The third-order valence-electron chi connectivity index (χ3n) is 4.25. The molecule has 1 fully saturated rings. The monoisotopic (exact) mass is 359 g/mol. The first-order chi connectivity index (χ1) is 12.4. The van der Waals surface area contributed by atoms with Crippen molar-refractivity contribution in [3.63, 3.8) is 0 Å². The Morgan fingerprint density at radius 1 is 1.27 bits per heavy atom. The molecule has 2 rings (SSSR count). The van der Waals surface area contributed by atoms with Gasteiger partial charge < -0.3 is 15.3 Å². The van der Waals surface area contributed by atoms with E-state index < -0.39 is 23.8 Å². The molecule has 0 aliphatic heterocycles. The molecule has 1 aromatic carbocycles. The van der Waals surface area contributed by atoms with Gasteiger partial charge in [-0.25, -0.2) is 5.48 Å². The minimum Gasteiger partial charge on any atom is -0.396 e. The number of carbonyl (C=O) groups is 3. The number of likely N-dealkylation sites (N-methyl/N-ethyl adjacent to an activating group) is 2. The number of nitrogens with one attached hydrogen (secondary N) is 2. The highest BCUT2D eigenvalue weighted by atomic mass is 16.5. The Kier molecular flexibility index (Phi) is 6.33. The molecule has 3 unspecified atom stereocenters. The van der Waals surface area contributed by atoms with Crippen molar-refractivity contribution >= 4 is 17.7 Å². The number of hydroxylamine groups is 1. The van der Waals surface area contributed by atoms with Crippen LogP contribution in [-0.2, 0) is 9.59 Å². The molecule has 0 spiro atoms. The Bertz CT molecular complexity index is 734. The Morgan fingerprint density at radius 2 is 1.92 bits per heavy atom. The molecular weight excluding hydrogens is 338 g/mol. The van der Waals surface area contributed by atoms with Crippen molar-refractivity contribution in [1.82, 2.24) is 15.7 Å². The lowest BCUT2D eigenvalue weighted by molar-refractivity contribution is -0.140. The van der Waals surface area contributed by atoms with Crippen LogP contribution in [0.3, 0.4) is 0 Å². The Labute approximate surface area is 151 Å². The first kappa shape index (κ1) is 19.4. The van der Waals surface area contributed by atoms with E-state index in [9.17, 15) is 14.4 Å². The number of carbonyl (C=O) groups excluding carboxylic acids is 3. The van der Waals surface area contributed by atoms with Gasteiger partial charge in [-0.15, -0.1) is 0 Å². The van der Waals surface area contributed by atoms with Crippen molar-refractivity contribution in [2.24, 2.45) is 11.8 Å². The summed E-state index contributed by atoms with van der Waals surface area (Å²) in [4.78, 5) is 37.0. The van der Waals surface area contributed by atoms with Crippen LogP contribution in [0.1, 0.15) is 22.3 Å². The summed E-state index contributed by atoms with van der Waals surface area (Å²) in [5.41, 5.74) is 2.39. The lowest BCUT2D eigenvalue weighted by Crippen LogP contribution is -2.54. The number of benzene rings is 1. The zero-order chi connectivity index (χ0) is 19.3. The highest BCUT2D eigenvalue weighted by Gasteiger charge is 2.35. The van der Waals surface area contributed by atoms with Gasteiger partial charge in [-0.1, -0.05) is 11.8 Å². The van der Waals surface area contributed by atoms with Crippen molar-refractivity contribution in [2.75, 3.05) is 20.7 Å². The van der Waals surface area contributed by atoms with Gasteiger partial charge in [0.05, 0.1) is 0 Å². The third-order valence-corrected chi connectivity index (χ3v) is 4.25. The smallest absolute Gasteiger partial charge is 0.275 e. The van der Waals surface area contributed by atoms with Gasteiger partial charge in [-0.05, 0) is 36.6 Å². The van der Waals surface area contributed by atoms with E-state index in [0.717, 1.165) is 16.9 Å². The molecule has 26 heavy (non-hydrogen) atoms. The van der Waals surface area contributed by atoms with Crippen LogP contribution in [0.4, 0.5) is 0 Å². The van der Waals surface area contributed by atoms with E-state index in [2.05, 4.69) is 17.2 Å². The first-order valence-corrected chi connectivity index (χ1v) is 8.08. The molecule has 1 aliphatic rings. The van der Waals surface area contributed by atoms with Crippen molar-refractivity contribution in [1.29, 1.82) is 0 Å². The summed E-state index contributed by atoms with van der Waals surface area (Å²) in [6.07, 6.45) is 0.901. The van der Waals surface area contributed by atoms with Crippen LogP contribution < -0.4 is 10.8 Å². The van der Waals surface area contributed by atoms with Crippen LogP contribution in [0.5, 0.6) is 0 Å². The van der Waals surface area contributed by atoms with Gasteiger partial charge in [0.15, 0.2) is 6.04 Å². The molecule has 0 aromatic heterocycles. The molecule has 1 aromatic rings. The number of hydrogen-bond acceptors (Lipinski definition) is 5. The number of aliphatic hydroxyl groups excluding tert-OH is 1. The van der Waals surface area contributed by atoms with Crippen LogP contribution in [-0.4, -0.2) is 59.7 Å². The average Bonchev–Trinajstić information content (AvgIpc) is 3.44. The number of hydrogen-bond donors (Lipinski definition) is 4. The second-order valence-electron chi connectivity index (χ2n) is 6.04. The summed E-state index contributed by atoms with van der Waals surface area (Å²) in [6, 6.07) is 4.95. The van der Waals surface area contributed by atoms with Crippen molar-refractivity contribution in [3.8, 4) is 11.8 Å². The molecule has 0 radical (unpaired) electrons. The predicted octanol–water partition coefficient (Wildman–Crippen LogP) is -0.641. The fourth-order valence-electron chi connectivity index (χ4n) is 2.49. The first-order valence-electron chi connectivity index (χ1n) is 8.08. The van der Waals surface area contributed by atoms with Crippen LogP contribution in [0.2, 0.25) is 0 Å². The third kappa shape index (κ3) is 4.39. The highest BCUT2D eigenvalue weighted by Crippen LogP contribution is 2.36. The maximum atomic E-state index is 12.5. The second-order valence-corrected chi connectivity index (χ2v) is 6.04. The molecule has 138 valence electrons. The van der Waals surface area contributed by atoms with E-state index in [1.165, 1.54) is 19.6 Å². The molecular formula is C18H21N3O5. The van der Waals surface area contributed by atoms with Crippen molar-refractivity contribution in [3.05, 3.63) is 35.4 Å². The van der Waals surface area contributed by atoms with E-state index in [1.54, 1.807) is 24.3 Å². The average molecular weight is 359 g/mol. The van der Waals surface area contributed by atoms with E-state index in [1.807, 2.05) is 0 Å². The number of amides is 3. The second kappa shape index (κ2) is 8.47. The molecule has 4 N–H and O–H groups in total. The summed E-state index contributed by atoms with van der Waals surface area (Å²) in [5, 5.41) is 20.1. The fourth-order valence-corrected chi connectivity index (χ4v) is 2.49. The van der Waals surface area contributed by atoms with Gasteiger partial charge in [0.25, 0.3) is 17.7 Å². The molecule has 0 saturated heterocycles. The largest absolute Gasteiger partial charge is 0.396 e. The molecule has 1 aliphatic carbocycles. The molecule has 8 heteroatoms. The molecule has 1 saturated carbocycles. The van der Waals surface area contributed by atoms with E-state index in [-0.39, 0.29) is 24.0 Å². The van der Waals surface area contributed by atoms with Gasteiger partial charge in [-0.2, -0.15) is 0 Å². The summed E-state index contributed by atoms with van der Waals surface area (Å²) >= 11 is 0. The van der Waals surface area contributed by atoms with Gasteiger partial charge in [0, 0.05) is 37.7 Å². The zero-order valence-electron chi connectivity index (χ0n) is 14.5. The van der Waals surface area contributed by atoms with Gasteiger partial charge in [0.2, 0.25) is 0 Å². The number of rotatable bonds is 5. The zero-order valence-corrected chi connectivity index (χ0v) is 14.5. The van der Waals surface area contributed by atoms with Crippen LogP contribution in [0.15, 0.2) is 24.3 Å².